The van der Waals surface area contributed by atoms with Crippen molar-refractivity contribution in [1.82, 2.24) is 10.2 Å². The molecule has 0 unspecified atom stereocenters. The number of nitrogens with one attached hydrogen (secondary N) is 1. The van der Waals surface area contributed by atoms with Crippen LogP contribution >= 0.6 is 0 Å². The molecule has 11 heteroatoms. The van der Waals surface area contributed by atoms with Gasteiger partial charge in [0, 0.05) is 50.1 Å². The molecule has 2 amide bonds. The van der Waals surface area contributed by atoms with Crippen LogP contribution in [0.3, 0.4) is 0 Å². The van der Waals surface area contributed by atoms with Crippen LogP contribution in [0.25, 0.3) is 10.8 Å². The smallest absolute Gasteiger partial charge is 0.412 e. The van der Waals surface area contributed by atoms with E-state index in [0.717, 1.165) is 77.3 Å². The molecule has 3 N–H and O–H groups in total. The van der Waals surface area contributed by atoms with Crippen LogP contribution < -0.4 is 14.8 Å². The average Bonchev–Trinajstić information content (AvgIpc) is 4.16. The minimum Gasteiger partial charge on any atom is -0.459 e. The van der Waals surface area contributed by atoms with Crippen LogP contribution in [0.4, 0.5) is 4.79 Å². The summed E-state index contributed by atoms with van der Waals surface area (Å²) in [5, 5.41) is 29.8. The molecule has 332 valence electrons. The van der Waals surface area contributed by atoms with Gasteiger partial charge >= 0.3 is 6.09 Å². The number of aliphatic hydroxyl groups is 2. The maximum Gasteiger partial charge on any atom is 0.412 e. The molecule has 6 atom stereocenters. The molecule has 3 aliphatic carbocycles. The highest BCUT2D eigenvalue weighted by Gasteiger charge is 2.66. The number of amides is 2. The average molecular weight is 856 g/mol. The van der Waals surface area contributed by atoms with Crippen molar-refractivity contribution in [3.63, 3.8) is 0 Å². The molecule has 0 bridgehead atoms. The van der Waals surface area contributed by atoms with Crippen molar-refractivity contribution in [3.8, 4) is 11.5 Å². The molecule has 0 saturated heterocycles. The van der Waals surface area contributed by atoms with E-state index in [1.807, 2.05) is 72.5 Å². The van der Waals surface area contributed by atoms with E-state index >= 15 is 0 Å². The lowest BCUT2D eigenvalue weighted by Gasteiger charge is -2.60. The number of fused-ring (bicyclic) bond motifs is 3. The highest BCUT2D eigenvalue weighted by atomic mass is 16.7. The van der Waals surface area contributed by atoms with Gasteiger partial charge in [0.2, 0.25) is 11.7 Å². The van der Waals surface area contributed by atoms with Crippen LogP contribution in [0.1, 0.15) is 87.3 Å². The van der Waals surface area contributed by atoms with Gasteiger partial charge in [-0.25, -0.2) is 4.79 Å². The summed E-state index contributed by atoms with van der Waals surface area (Å²) < 4.78 is 20.6. The van der Waals surface area contributed by atoms with Gasteiger partial charge in [-0.05, 0) is 103 Å². The van der Waals surface area contributed by atoms with Gasteiger partial charge in [0.15, 0.2) is 0 Å². The number of hydrogen-bond donors (Lipinski definition) is 3. The minimum absolute atomic E-state index is 0.0262. The van der Waals surface area contributed by atoms with Crippen LogP contribution in [0.15, 0.2) is 120 Å². The topological polar surface area (TPSA) is 139 Å². The van der Waals surface area contributed by atoms with Gasteiger partial charge in [-0.2, -0.15) is 0 Å². The van der Waals surface area contributed by atoms with Crippen molar-refractivity contribution in [2.75, 3.05) is 26.4 Å². The summed E-state index contributed by atoms with van der Waals surface area (Å²) in [5.74, 6) is -1.09. The molecule has 0 spiro atoms. The predicted molar refractivity (Wildman–Crippen MR) is 243 cm³/mol. The summed E-state index contributed by atoms with van der Waals surface area (Å²) in [6, 6.07) is 29.1. The Morgan fingerprint density at radius 2 is 1.71 bits per heavy atom. The monoisotopic (exact) mass is 855 g/mol. The third-order valence-corrected chi connectivity index (χ3v) is 13.2. The fourth-order valence-corrected chi connectivity index (χ4v) is 10.3. The number of aliphatic hydroxyl groups excluding tert-OH is 2. The summed E-state index contributed by atoms with van der Waals surface area (Å²) in [4.78, 5) is 36.2. The third kappa shape index (κ3) is 9.56. The first-order valence-corrected chi connectivity index (χ1v) is 22.9. The molecule has 4 aromatic carbocycles. The normalized spacial score (nSPS) is 24.1. The Bertz CT molecular complexity index is 2290. The highest BCUT2D eigenvalue weighted by Crippen LogP contribution is 2.62. The molecule has 0 radical (unpaired) electrons. The molecular formula is C52H61N3O8. The Kier molecular flexibility index (Phi) is 14.3. The number of benzene rings is 4. The number of oxime groups is 1. The number of ether oxygens (including phenoxy) is 3. The Morgan fingerprint density at radius 1 is 0.952 bits per heavy atom. The minimum atomic E-state index is -1.39. The molecule has 11 nitrogen and oxygen atoms in total. The van der Waals surface area contributed by atoms with E-state index in [-0.39, 0.29) is 49.4 Å². The fraction of sp³-hybridized carbons (Fsp3) is 0.442. The molecule has 0 aromatic heterocycles. The van der Waals surface area contributed by atoms with Crippen molar-refractivity contribution >= 4 is 28.5 Å². The van der Waals surface area contributed by atoms with E-state index in [0.29, 0.717) is 50.5 Å². The molecule has 4 aromatic rings. The number of carbonyl (C=O) groups is 2. The van der Waals surface area contributed by atoms with Gasteiger partial charge in [-0.15, -0.1) is 6.58 Å². The molecule has 2 fully saturated rings. The van der Waals surface area contributed by atoms with Crippen molar-refractivity contribution < 1.29 is 38.9 Å². The Labute approximate surface area is 370 Å². The van der Waals surface area contributed by atoms with E-state index in [1.165, 1.54) is 0 Å². The van der Waals surface area contributed by atoms with Crippen LogP contribution in [0.5, 0.6) is 11.5 Å². The van der Waals surface area contributed by atoms with Crippen molar-refractivity contribution in [2.45, 2.75) is 95.5 Å². The predicted octanol–water partition coefficient (Wildman–Crippen LogP) is 9.22. The standard InChI is InChI=1S/C52H61N3O8/c1-3-29-60-52-47(55(50(58)37-23-24-37)34-39-20-14-19-36-17-8-9-21-41(36)39)32-45(54-61-4-2)43-30-38(18-10-12-27-56)42(22-11-13-28-57)48(49(43)52)44-31-40(25-26-46(44)63-52)62-51(59)53-33-35-15-6-5-7-16-35/h3,5-9,14-17,19-21,25-26,30-31,37-38,42,47-49,56-57H,1,4,10-13,18,22-24,27-29,32-34H2,2H3,(H,53,59)/t38-,42+,47-,48+,49+,52+/m0/s1. The maximum atomic E-state index is 15.0. The molecule has 1 aliphatic heterocycles. The second-order valence-electron chi connectivity index (χ2n) is 17.3. The number of unbranched alkanes of at least 4 members (excludes halogenated alkanes) is 2. The number of allylic oxidation sites excluding steroid dienone is 1. The number of nitrogens with zero attached hydrogens (tertiary/aromatic N) is 2. The lowest BCUT2D eigenvalue weighted by molar-refractivity contribution is -0.258. The fourth-order valence-electron chi connectivity index (χ4n) is 10.3. The van der Waals surface area contributed by atoms with E-state index < -0.39 is 23.8 Å². The summed E-state index contributed by atoms with van der Waals surface area (Å²) in [6.45, 7) is 7.35. The zero-order chi connectivity index (χ0) is 43.8. The van der Waals surface area contributed by atoms with Gasteiger partial charge in [-0.3, -0.25) is 4.79 Å². The first kappa shape index (κ1) is 44.1. The van der Waals surface area contributed by atoms with Crippen molar-refractivity contribution in [3.05, 3.63) is 132 Å². The van der Waals surface area contributed by atoms with Gasteiger partial charge in [0.25, 0.3) is 0 Å². The largest absolute Gasteiger partial charge is 0.459 e. The van der Waals surface area contributed by atoms with Gasteiger partial charge in [0.1, 0.15) is 24.1 Å². The lowest BCUT2D eigenvalue weighted by Crippen LogP contribution is -2.70. The molecule has 4 aliphatic rings. The molecule has 1 heterocycles. The van der Waals surface area contributed by atoms with Crippen molar-refractivity contribution in [2.24, 2.45) is 28.8 Å². The summed E-state index contributed by atoms with van der Waals surface area (Å²) in [6.07, 6.45) is 10.0. The highest BCUT2D eigenvalue weighted by molar-refractivity contribution is 6.03. The van der Waals surface area contributed by atoms with E-state index in [2.05, 4.69) is 42.2 Å². The summed E-state index contributed by atoms with van der Waals surface area (Å²) in [5.41, 5.74) is 4.57. The molecule has 63 heavy (non-hydrogen) atoms. The van der Waals surface area contributed by atoms with Crippen LogP contribution in [0, 0.1) is 23.7 Å². The Hall–Kier alpha value is -5.49. The van der Waals surface area contributed by atoms with Gasteiger partial charge in [-0.1, -0.05) is 103 Å². The molecule has 8 rings (SSSR count). The van der Waals surface area contributed by atoms with Gasteiger partial charge < -0.3 is 39.5 Å². The second-order valence-corrected chi connectivity index (χ2v) is 17.3. The first-order chi connectivity index (χ1) is 30.9. The summed E-state index contributed by atoms with van der Waals surface area (Å²) >= 11 is 0. The van der Waals surface area contributed by atoms with E-state index in [1.54, 1.807) is 12.1 Å². The SMILES string of the molecule is C=CCO[C@@]12Oc3ccc(OC(=O)NCc4ccccc4)cc3[C@H]3[C@H](CCCCO)[C@@H](CCCCO)C=C(C(=NOCC)C[C@@H]1N(Cc1cccc4ccccc14)C(=O)C1CC1)[C@H]32. The van der Waals surface area contributed by atoms with Crippen LogP contribution in [0.2, 0.25) is 0 Å². The van der Waals surface area contributed by atoms with E-state index in [4.69, 9.17) is 24.2 Å². The zero-order valence-corrected chi connectivity index (χ0v) is 36.3. The van der Waals surface area contributed by atoms with E-state index in [9.17, 15) is 19.8 Å². The van der Waals surface area contributed by atoms with Crippen LogP contribution in [-0.2, 0) is 27.5 Å². The Balaban J connectivity index is 1.29. The lowest BCUT2D eigenvalue weighted by atomic mass is 9.55. The molecule has 2 saturated carbocycles. The number of rotatable bonds is 20. The zero-order valence-electron chi connectivity index (χ0n) is 36.3. The maximum absolute atomic E-state index is 15.0. The van der Waals surface area contributed by atoms with Gasteiger partial charge in [0.05, 0.1) is 18.2 Å². The Morgan fingerprint density at radius 3 is 2.48 bits per heavy atom. The van der Waals surface area contributed by atoms with Crippen LogP contribution in [-0.4, -0.2) is 71.1 Å². The van der Waals surface area contributed by atoms with Crippen molar-refractivity contribution in [1.29, 1.82) is 0 Å². The summed E-state index contributed by atoms with van der Waals surface area (Å²) in [7, 11) is 0. The third-order valence-electron chi connectivity index (χ3n) is 13.2. The number of hydrogen-bond acceptors (Lipinski definition) is 9. The second kappa shape index (κ2) is 20.3. The molecular weight excluding hydrogens is 795 g/mol. The first-order valence-electron chi connectivity index (χ1n) is 22.9. The quantitative estimate of drug-likeness (QED) is 0.0455. The number of carbonyl (C=O) groups excluding carboxylic acids is 2.